The maximum absolute atomic E-state index is 5.61. The number of benzene rings is 1. The third kappa shape index (κ3) is 1.90. The van der Waals surface area contributed by atoms with Crippen molar-refractivity contribution in [3.8, 4) is 5.75 Å². The molecule has 0 fully saturated rings. The molecule has 14 heavy (non-hydrogen) atoms. The quantitative estimate of drug-likeness (QED) is 0.790. The fourth-order valence-electron chi connectivity index (χ4n) is 2.03. The summed E-state index contributed by atoms with van der Waals surface area (Å²) >= 11 is 0. The molecule has 76 valence electrons. The second-order valence-corrected chi connectivity index (χ2v) is 3.76. The van der Waals surface area contributed by atoms with E-state index in [2.05, 4.69) is 23.5 Å². The number of hydrogen-bond donors (Lipinski definition) is 1. The van der Waals surface area contributed by atoms with Gasteiger partial charge < -0.3 is 10.1 Å². The summed E-state index contributed by atoms with van der Waals surface area (Å²) in [6, 6.07) is 8.40. The Kier molecular flexibility index (Phi) is 3.04. The number of ether oxygens (including phenoxy) is 1. The van der Waals surface area contributed by atoms with Gasteiger partial charge in [-0.15, -0.1) is 0 Å². The molecule has 1 aliphatic rings. The van der Waals surface area contributed by atoms with E-state index in [0.29, 0.717) is 5.92 Å². The van der Waals surface area contributed by atoms with E-state index in [9.17, 15) is 0 Å². The van der Waals surface area contributed by atoms with Gasteiger partial charge in [-0.1, -0.05) is 18.2 Å². The Hall–Kier alpha value is -1.02. The van der Waals surface area contributed by atoms with Gasteiger partial charge in [-0.3, -0.25) is 0 Å². The average Bonchev–Trinajstić information content (AvgIpc) is 2.26. The maximum atomic E-state index is 5.61. The first kappa shape index (κ1) is 9.53. The van der Waals surface area contributed by atoms with Gasteiger partial charge in [-0.2, -0.15) is 0 Å². The van der Waals surface area contributed by atoms with Gasteiger partial charge in [0, 0.05) is 0 Å². The van der Waals surface area contributed by atoms with E-state index in [0.717, 1.165) is 25.3 Å². The van der Waals surface area contributed by atoms with Crippen LogP contribution in [0.2, 0.25) is 0 Å². The number of nitrogens with one attached hydrogen (secondary N) is 1. The Morgan fingerprint density at radius 1 is 1.43 bits per heavy atom. The van der Waals surface area contributed by atoms with Crippen molar-refractivity contribution >= 4 is 0 Å². The molecule has 1 atom stereocenters. The molecule has 0 spiro atoms. The van der Waals surface area contributed by atoms with Crippen LogP contribution in [0.4, 0.5) is 0 Å². The second-order valence-electron chi connectivity index (χ2n) is 3.76. The van der Waals surface area contributed by atoms with E-state index in [1.165, 1.54) is 12.0 Å². The van der Waals surface area contributed by atoms with E-state index >= 15 is 0 Å². The van der Waals surface area contributed by atoms with Crippen molar-refractivity contribution in [2.24, 2.45) is 0 Å². The highest BCUT2D eigenvalue weighted by molar-refractivity contribution is 5.37. The van der Waals surface area contributed by atoms with Crippen molar-refractivity contribution in [3.05, 3.63) is 29.8 Å². The summed E-state index contributed by atoms with van der Waals surface area (Å²) in [5.74, 6) is 1.76. The zero-order valence-corrected chi connectivity index (χ0v) is 8.62. The predicted octanol–water partition coefficient (Wildman–Crippen LogP) is 2.16. The Bertz CT molecular complexity index is 298. The lowest BCUT2D eigenvalue weighted by Crippen LogP contribution is -2.18. The monoisotopic (exact) mass is 191 g/mol. The highest BCUT2D eigenvalue weighted by Gasteiger charge is 2.19. The maximum Gasteiger partial charge on any atom is 0.122 e. The molecule has 2 rings (SSSR count). The van der Waals surface area contributed by atoms with E-state index in [1.54, 1.807) is 0 Å². The van der Waals surface area contributed by atoms with Gasteiger partial charge in [0.05, 0.1) is 6.61 Å². The van der Waals surface area contributed by atoms with Crippen LogP contribution in [0.5, 0.6) is 5.75 Å². The number of hydrogen-bond acceptors (Lipinski definition) is 2. The molecule has 0 aliphatic carbocycles. The molecule has 0 amide bonds. The molecule has 1 aromatic rings. The van der Waals surface area contributed by atoms with Crippen molar-refractivity contribution < 1.29 is 4.74 Å². The summed E-state index contributed by atoms with van der Waals surface area (Å²) in [6.07, 6.45) is 2.36. The molecule has 0 saturated heterocycles. The van der Waals surface area contributed by atoms with Crippen LogP contribution >= 0.6 is 0 Å². The summed E-state index contributed by atoms with van der Waals surface area (Å²) in [4.78, 5) is 0. The van der Waals surface area contributed by atoms with Gasteiger partial charge in [-0.25, -0.2) is 0 Å². The number of rotatable bonds is 3. The van der Waals surface area contributed by atoms with Gasteiger partial charge in [0.2, 0.25) is 0 Å². The first-order valence-corrected chi connectivity index (χ1v) is 5.28. The molecule has 0 radical (unpaired) electrons. The summed E-state index contributed by atoms with van der Waals surface area (Å²) in [6.45, 7) is 1.95. The van der Waals surface area contributed by atoms with E-state index in [-0.39, 0.29) is 0 Å². The largest absolute Gasteiger partial charge is 0.493 e. The van der Waals surface area contributed by atoms with Gasteiger partial charge in [0.25, 0.3) is 0 Å². The molecule has 1 unspecified atom stereocenters. The van der Waals surface area contributed by atoms with Crippen LogP contribution < -0.4 is 10.1 Å². The minimum Gasteiger partial charge on any atom is -0.493 e. The summed E-state index contributed by atoms with van der Waals surface area (Å²) in [7, 11) is 2.01. The van der Waals surface area contributed by atoms with Crippen LogP contribution in [0.25, 0.3) is 0 Å². The van der Waals surface area contributed by atoms with Gasteiger partial charge in [0.15, 0.2) is 0 Å². The Labute approximate surface area is 85.3 Å². The summed E-state index contributed by atoms with van der Waals surface area (Å²) in [5, 5.41) is 3.20. The van der Waals surface area contributed by atoms with Crippen LogP contribution in [-0.2, 0) is 0 Å². The SMILES string of the molecule is CNCCC1CCOc2ccccc21. The average molecular weight is 191 g/mol. The summed E-state index contributed by atoms with van der Waals surface area (Å²) < 4.78 is 5.61. The molecular weight excluding hydrogens is 174 g/mol. The number of para-hydroxylation sites is 1. The fraction of sp³-hybridized carbons (Fsp3) is 0.500. The van der Waals surface area contributed by atoms with Crippen molar-refractivity contribution in [1.29, 1.82) is 0 Å². The zero-order valence-electron chi connectivity index (χ0n) is 8.62. The van der Waals surface area contributed by atoms with Crippen LogP contribution in [0, 0.1) is 0 Å². The first-order valence-electron chi connectivity index (χ1n) is 5.28. The van der Waals surface area contributed by atoms with E-state index < -0.39 is 0 Å². The molecule has 1 aromatic carbocycles. The Morgan fingerprint density at radius 3 is 3.14 bits per heavy atom. The lowest BCUT2D eigenvalue weighted by molar-refractivity contribution is 0.263. The first-order chi connectivity index (χ1) is 6.92. The molecule has 2 nitrogen and oxygen atoms in total. The minimum atomic E-state index is 0.674. The topological polar surface area (TPSA) is 21.3 Å². The van der Waals surface area contributed by atoms with E-state index in [1.807, 2.05) is 13.1 Å². The lowest BCUT2D eigenvalue weighted by atomic mass is 9.90. The molecule has 1 heterocycles. The highest BCUT2D eigenvalue weighted by atomic mass is 16.5. The molecule has 1 N–H and O–H groups in total. The molecule has 0 aromatic heterocycles. The third-order valence-electron chi connectivity index (χ3n) is 2.83. The Morgan fingerprint density at radius 2 is 2.29 bits per heavy atom. The highest BCUT2D eigenvalue weighted by Crippen LogP contribution is 2.34. The molecule has 0 saturated carbocycles. The lowest BCUT2D eigenvalue weighted by Gasteiger charge is -2.25. The van der Waals surface area contributed by atoms with Crippen molar-refractivity contribution in [2.75, 3.05) is 20.2 Å². The fourth-order valence-corrected chi connectivity index (χ4v) is 2.03. The van der Waals surface area contributed by atoms with Crippen LogP contribution in [0.15, 0.2) is 24.3 Å². The van der Waals surface area contributed by atoms with E-state index in [4.69, 9.17) is 4.74 Å². The third-order valence-corrected chi connectivity index (χ3v) is 2.83. The predicted molar refractivity (Wildman–Crippen MR) is 57.8 cm³/mol. The normalized spacial score (nSPS) is 19.9. The van der Waals surface area contributed by atoms with Crippen molar-refractivity contribution in [2.45, 2.75) is 18.8 Å². The zero-order chi connectivity index (χ0) is 9.80. The van der Waals surface area contributed by atoms with Crippen LogP contribution in [0.3, 0.4) is 0 Å². The van der Waals surface area contributed by atoms with Gasteiger partial charge in [-0.05, 0) is 44.0 Å². The van der Waals surface area contributed by atoms with Crippen LogP contribution in [-0.4, -0.2) is 20.2 Å². The second kappa shape index (κ2) is 4.47. The Balaban J connectivity index is 2.14. The van der Waals surface area contributed by atoms with Crippen molar-refractivity contribution in [1.82, 2.24) is 5.32 Å². The summed E-state index contributed by atoms with van der Waals surface area (Å²) in [5.41, 5.74) is 1.38. The van der Waals surface area contributed by atoms with Crippen LogP contribution in [0.1, 0.15) is 24.3 Å². The minimum absolute atomic E-state index is 0.674. The van der Waals surface area contributed by atoms with Gasteiger partial charge in [0.1, 0.15) is 5.75 Å². The molecular formula is C12H17NO. The smallest absolute Gasteiger partial charge is 0.122 e. The molecule has 0 bridgehead atoms. The molecule has 1 aliphatic heterocycles. The number of fused-ring (bicyclic) bond motifs is 1. The van der Waals surface area contributed by atoms with Crippen molar-refractivity contribution in [3.63, 3.8) is 0 Å². The standard InChI is InChI=1S/C12H17NO/c1-13-8-6-10-7-9-14-12-5-3-2-4-11(10)12/h2-5,10,13H,6-9H2,1H3. The van der Waals surface area contributed by atoms with Gasteiger partial charge >= 0.3 is 0 Å². The molecule has 2 heteroatoms.